The summed E-state index contributed by atoms with van der Waals surface area (Å²) >= 11 is 0. The quantitative estimate of drug-likeness (QED) is 0.602. The van der Waals surface area contributed by atoms with Gasteiger partial charge in [-0.25, -0.2) is 4.79 Å². The van der Waals surface area contributed by atoms with Crippen LogP contribution in [-0.2, 0) is 9.59 Å². The predicted octanol–water partition coefficient (Wildman–Crippen LogP) is 3.17. The van der Waals surface area contributed by atoms with Gasteiger partial charge in [-0.05, 0) is 42.3 Å². The highest BCUT2D eigenvalue weighted by Crippen LogP contribution is 2.22. The lowest BCUT2D eigenvalue weighted by Crippen LogP contribution is -2.23. The SMILES string of the molecule is O=C(O)COc1ccc(/C=C/C(=O)c2cccc(N3CCCC3=O)c2)cc1. The number of amides is 1. The first kappa shape index (κ1) is 18.4. The van der Waals surface area contributed by atoms with Crippen molar-refractivity contribution in [1.82, 2.24) is 0 Å². The highest BCUT2D eigenvalue weighted by molar-refractivity contribution is 6.08. The Labute approximate surface area is 156 Å². The van der Waals surface area contributed by atoms with Crippen molar-refractivity contribution in [2.75, 3.05) is 18.1 Å². The van der Waals surface area contributed by atoms with E-state index in [4.69, 9.17) is 9.84 Å². The second-order valence-corrected chi connectivity index (χ2v) is 6.15. The normalized spacial score (nSPS) is 13.9. The molecule has 1 aliphatic rings. The first-order chi connectivity index (χ1) is 13.0. The van der Waals surface area contributed by atoms with E-state index in [1.54, 1.807) is 53.4 Å². The molecule has 0 radical (unpaired) electrons. The van der Waals surface area contributed by atoms with Gasteiger partial charge >= 0.3 is 5.97 Å². The lowest BCUT2D eigenvalue weighted by molar-refractivity contribution is -0.139. The third-order valence-corrected chi connectivity index (χ3v) is 4.19. The standard InChI is InChI=1S/C21H19NO5/c23-19(11-8-15-6-9-18(10-7-15)27-14-21(25)26)16-3-1-4-17(13-16)22-12-2-5-20(22)24/h1,3-4,6-11,13H,2,5,12,14H2,(H,25,26)/b11-8+. The second kappa shape index (κ2) is 8.31. The number of anilines is 1. The van der Waals surface area contributed by atoms with E-state index in [0.717, 1.165) is 17.7 Å². The maximum absolute atomic E-state index is 12.4. The van der Waals surface area contributed by atoms with Gasteiger partial charge in [-0.2, -0.15) is 0 Å². The fraction of sp³-hybridized carbons (Fsp3) is 0.190. The first-order valence-electron chi connectivity index (χ1n) is 8.60. The summed E-state index contributed by atoms with van der Waals surface area (Å²) in [6.07, 6.45) is 4.53. The lowest BCUT2D eigenvalue weighted by atomic mass is 10.1. The molecule has 1 saturated heterocycles. The van der Waals surface area contributed by atoms with Crippen LogP contribution in [0.25, 0.3) is 6.08 Å². The van der Waals surface area contributed by atoms with Crippen LogP contribution in [0.3, 0.4) is 0 Å². The summed E-state index contributed by atoms with van der Waals surface area (Å²) in [5.41, 5.74) is 2.05. The molecule has 0 saturated carbocycles. The van der Waals surface area contributed by atoms with Gasteiger partial charge in [0.25, 0.3) is 0 Å². The maximum Gasteiger partial charge on any atom is 0.341 e. The number of ketones is 1. The van der Waals surface area contributed by atoms with E-state index in [9.17, 15) is 14.4 Å². The van der Waals surface area contributed by atoms with Gasteiger partial charge in [0.05, 0.1) is 0 Å². The van der Waals surface area contributed by atoms with Crippen molar-refractivity contribution < 1.29 is 24.2 Å². The third kappa shape index (κ3) is 4.82. The third-order valence-electron chi connectivity index (χ3n) is 4.19. The van der Waals surface area contributed by atoms with Gasteiger partial charge in [-0.1, -0.05) is 30.3 Å². The number of ether oxygens (including phenoxy) is 1. The fourth-order valence-electron chi connectivity index (χ4n) is 2.84. The maximum atomic E-state index is 12.4. The minimum absolute atomic E-state index is 0.0837. The minimum Gasteiger partial charge on any atom is -0.482 e. The molecule has 3 rings (SSSR count). The number of carbonyl (C=O) groups is 3. The molecule has 2 aromatic carbocycles. The average molecular weight is 365 g/mol. The van der Waals surface area contributed by atoms with E-state index in [0.29, 0.717) is 24.3 Å². The van der Waals surface area contributed by atoms with Gasteiger partial charge in [0.1, 0.15) is 5.75 Å². The van der Waals surface area contributed by atoms with E-state index in [1.165, 1.54) is 6.08 Å². The van der Waals surface area contributed by atoms with Crippen molar-refractivity contribution in [3.63, 3.8) is 0 Å². The smallest absolute Gasteiger partial charge is 0.341 e. The molecule has 1 heterocycles. The predicted molar refractivity (Wildman–Crippen MR) is 101 cm³/mol. The summed E-state index contributed by atoms with van der Waals surface area (Å²) in [4.78, 5) is 36.5. The average Bonchev–Trinajstić information content (AvgIpc) is 3.11. The Morgan fingerprint density at radius 2 is 1.93 bits per heavy atom. The molecule has 0 aromatic heterocycles. The summed E-state index contributed by atoms with van der Waals surface area (Å²) in [6, 6.07) is 13.8. The van der Waals surface area contributed by atoms with Crippen LogP contribution in [0.5, 0.6) is 5.75 Å². The van der Waals surface area contributed by atoms with Crippen LogP contribution < -0.4 is 9.64 Å². The van der Waals surface area contributed by atoms with Crippen LogP contribution in [0.2, 0.25) is 0 Å². The van der Waals surface area contributed by atoms with E-state index >= 15 is 0 Å². The van der Waals surface area contributed by atoms with Crippen LogP contribution in [0.15, 0.2) is 54.6 Å². The molecule has 0 unspecified atom stereocenters. The minimum atomic E-state index is -1.04. The molecule has 2 aromatic rings. The van der Waals surface area contributed by atoms with Crippen molar-refractivity contribution in [1.29, 1.82) is 0 Å². The highest BCUT2D eigenvalue weighted by Gasteiger charge is 2.22. The molecule has 1 N–H and O–H groups in total. The van der Waals surface area contributed by atoms with E-state index < -0.39 is 12.6 Å². The van der Waals surface area contributed by atoms with E-state index in [-0.39, 0.29) is 11.7 Å². The van der Waals surface area contributed by atoms with Crippen molar-refractivity contribution >= 4 is 29.4 Å². The molecule has 6 nitrogen and oxygen atoms in total. The van der Waals surface area contributed by atoms with Crippen molar-refractivity contribution in [3.05, 3.63) is 65.7 Å². The largest absolute Gasteiger partial charge is 0.482 e. The highest BCUT2D eigenvalue weighted by atomic mass is 16.5. The summed E-state index contributed by atoms with van der Waals surface area (Å²) in [5, 5.41) is 8.59. The number of carboxylic acid groups (broad SMARTS) is 1. The monoisotopic (exact) mass is 365 g/mol. The molecule has 6 heteroatoms. The summed E-state index contributed by atoms with van der Waals surface area (Å²) in [7, 11) is 0. The van der Waals surface area contributed by atoms with Gasteiger partial charge in [0.15, 0.2) is 12.4 Å². The van der Waals surface area contributed by atoms with Gasteiger partial charge in [0.2, 0.25) is 5.91 Å². The summed E-state index contributed by atoms with van der Waals surface area (Å²) in [5.74, 6) is -0.665. The summed E-state index contributed by atoms with van der Waals surface area (Å²) in [6.45, 7) is 0.284. The number of benzene rings is 2. The Morgan fingerprint density at radius 1 is 1.15 bits per heavy atom. The molecule has 27 heavy (non-hydrogen) atoms. The van der Waals surface area contributed by atoms with Crippen molar-refractivity contribution in [2.24, 2.45) is 0 Å². The van der Waals surface area contributed by atoms with Crippen molar-refractivity contribution in [2.45, 2.75) is 12.8 Å². The number of nitrogens with zero attached hydrogens (tertiary/aromatic N) is 1. The van der Waals surface area contributed by atoms with Crippen LogP contribution >= 0.6 is 0 Å². The number of aliphatic carboxylic acids is 1. The van der Waals surface area contributed by atoms with E-state index in [1.807, 2.05) is 6.07 Å². The zero-order valence-electron chi connectivity index (χ0n) is 14.6. The molecule has 1 aliphatic heterocycles. The van der Waals surface area contributed by atoms with Crippen LogP contribution in [0.1, 0.15) is 28.8 Å². The van der Waals surface area contributed by atoms with Gasteiger partial charge < -0.3 is 14.7 Å². The Bertz CT molecular complexity index is 886. The first-order valence-corrected chi connectivity index (χ1v) is 8.60. The molecule has 1 fully saturated rings. The Hall–Kier alpha value is -3.41. The van der Waals surface area contributed by atoms with E-state index in [2.05, 4.69) is 0 Å². The summed E-state index contributed by atoms with van der Waals surface area (Å²) < 4.78 is 5.07. The number of carbonyl (C=O) groups excluding carboxylic acids is 2. The molecule has 1 amide bonds. The number of rotatable bonds is 7. The van der Waals surface area contributed by atoms with Crippen LogP contribution in [0.4, 0.5) is 5.69 Å². The number of hydrogen-bond acceptors (Lipinski definition) is 4. The Morgan fingerprint density at radius 3 is 2.59 bits per heavy atom. The van der Waals surface area contributed by atoms with Gasteiger partial charge in [-0.3, -0.25) is 9.59 Å². The number of hydrogen-bond donors (Lipinski definition) is 1. The lowest BCUT2D eigenvalue weighted by Gasteiger charge is -2.16. The van der Waals surface area contributed by atoms with Gasteiger partial charge in [-0.15, -0.1) is 0 Å². The molecular weight excluding hydrogens is 346 g/mol. The molecule has 0 spiro atoms. The zero-order valence-corrected chi connectivity index (χ0v) is 14.6. The number of carboxylic acids is 1. The molecule has 138 valence electrons. The molecular formula is C21H19NO5. The van der Waals surface area contributed by atoms with Crippen LogP contribution in [-0.4, -0.2) is 35.9 Å². The fourth-order valence-corrected chi connectivity index (χ4v) is 2.84. The Balaban J connectivity index is 1.66. The molecule has 0 aliphatic carbocycles. The molecule has 0 bridgehead atoms. The topological polar surface area (TPSA) is 83.9 Å². The zero-order chi connectivity index (χ0) is 19.2. The molecule has 0 atom stereocenters. The van der Waals surface area contributed by atoms with Crippen molar-refractivity contribution in [3.8, 4) is 5.75 Å². The Kier molecular flexibility index (Phi) is 5.66. The number of allylic oxidation sites excluding steroid dienone is 1. The van der Waals surface area contributed by atoms with Crippen LogP contribution in [0, 0.1) is 0 Å². The second-order valence-electron chi connectivity index (χ2n) is 6.15. The van der Waals surface area contributed by atoms with Gasteiger partial charge in [0, 0.05) is 24.2 Å².